The summed E-state index contributed by atoms with van der Waals surface area (Å²) in [7, 11) is 0. The summed E-state index contributed by atoms with van der Waals surface area (Å²) in [5.74, 6) is 0. The molecule has 0 aliphatic heterocycles. The smallest absolute Gasteiger partial charge is 0.0837 e. The first-order chi connectivity index (χ1) is 9.74. The SMILES string of the molecule is OC(Cc1cncc(Br)c1)c1cccc2ncccc12. The van der Waals surface area contributed by atoms with Gasteiger partial charge in [0.15, 0.2) is 0 Å². The number of aromatic nitrogens is 2. The Morgan fingerprint density at radius 3 is 2.90 bits per heavy atom. The van der Waals surface area contributed by atoms with Crippen molar-refractivity contribution in [2.75, 3.05) is 0 Å². The number of rotatable bonds is 3. The van der Waals surface area contributed by atoms with Crippen LogP contribution in [0.4, 0.5) is 0 Å². The summed E-state index contributed by atoms with van der Waals surface area (Å²) >= 11 is 3.39. The summed E-state index contributed by atoms with van der Waals surface area (Å²) in [6.07, 6.45) is 5.23. The molecule has 0 fully saturated rings. The first-order valence-corrected chi connectivity index (χ1v) is 7.14. The molecule has 2 aromatic heterocycles. The molecule has 0 aliphatic rings. The van der Waals surface area contributed by atoms with Crippen LogP contribution in [-0.4, -0.2) is 15.1 Å². The van der Waals surface area contributed by atoms with Crippen molar-refractivity contribution in [2.45, 2.75) is 12.5 Å². The molecule has 2 heterocycles. The summed E-state index contributed by atoms with van der Waals surface area (Å²) in [4.78, 5) is 8.44. The van der Waals surface area contributed by atoms with E-state index in [-0.39, 0.29) is 0 Å². The number of benzene rings is 1. The van der Waals surface area contributed by atoms with Crippen molar-refractivity contribution < 1.29 is 5.11 Å². The Morgan fingerprint density at radius 1 is 1.15 bits per heavy atom. The lowest BCUT2D eigenvalue weighted by Gasteiger charge is -2.13. The molecule has 1 unspecified atom stereocenters. The number of hydrogen-bond donors (Lipinski definition) is 1. The average Bonchev–Trinajstić information content (AvgIpc) is 2.46. The topological polar surface area (TPSA) is 46.0 Å². The molecule has 0 bridgehead atoms. The van der Waals surface area contributed by atoms with Gasteiger partial charge in [0, 0.05) is 34.9 Å². The fourth-order valence-corrected chi connectivity index (χ4v) is 2.73. The highest BCUT2D eigenvalue weighted by Gasteiger charge is 2.12. The second-order valence-electron chi connectivity index (χ2n) is 4.65. The van der Waals surface area contributed by atoms with Crippen LogP contribution >= 0.6 is 15.9 Å². The van der Waals surface area contributed by atoms with Gasteiger partial charge in [-0.2, -0.15) is 0 Å². The molecular weight excluding hydrogens is 316 g/mol. The quantitative estimate of drug-likeness (QED) is 0.797. The minimum Gasteiger partial charge on any atom is -0.388 e. The Morgan fingerprint density at radius 2 is 2.05 bits per heavy atom. The number of nitrogens with zero attached hydrogens (tertiary/aromatic N) is 2. The van der Waals surface area contributed by atoms with Crippen molar-refractivity contribution in [3.05, 3.63) is 70.6 Å². The molecule has 3 aromatic rings. The maximum absolute atomic E-state index is 10.5. The van der Waals surface area contributed by atoms with Crippen molar-refractivity contribution in [3.63, 3.8) is 0 Å². The highest BCUT2D eigenvalue weighted by Crippen LogP contribution is 2.26. The van der Waals surface area contributed by atoms with Crippen LogP contribution in [0.25, 0.3) is 10.9 Å². The first-order valence-electron chi connectivity index (χ1n) is 6.35. The van der Waals surface area contributed by atoms with E-state index in [2.05, 4.69) is 25.9 Å². The van der Waals surface area contributed by atoms with Gasteiger partial charge in [0.2, 0.25) is 0 Å². The third-order valence-corrected chi connectivity index (χ3v) is 3.66. The minimum atomic E-state index is -0.570. The fraction of sp³-hybridized carbons (Fsp3) is 0.125. The van der Waals surface area contributed by atoms with Gasteiger partial charge >= 0.3 is 0 Å². The predicted octanol–water partition coefficient (Wildman–Crippen LogP) is 3.67. The van der Waals surface area contributed by atoms with Gasteiger partial charge in [0.25, 0.3) is 0 Å². The Kier molecular flexibility index (Phi) is 3.76. The molecule has 4 heteroatoms. The van der Waals surface area contributed by atoms with Crippen LogP contribution in [0.3, 0.4) is 0 Å². The van der Waals surface area contributed by atoms with E-state index in [9.17, 15) is 5.11 Å². The number of aliphatic hydroxyl groups is 1. The van der Waals surface area contributed by atoms with Crippen LogP contribution in [0.1, 0.15) is 17.2 Å². The largest absolute Gasteiger partial charge is 0.388 e. The van der Waals surface area contributed by atoms with E-state index in [0.717, 1.165) is 26.5 Å². The molecule has 100 valence electrons. The molecular formula is C16H13BrN2O. The molecule has 20 heavy (non-hydrogen) atoms. The third-order valence-electron chi connectivity index (χ3n) is 3.23. The summed E-state index contributed by atoms with van der Waals surface area (Å²) in [6, 6.07) is 11.7. The number of pyridine rings is 2. The van der Waals surface area contributed by atoms with Crippen LogP contribution in [0, 0.1) is 0 Å². The lowest BCUT2D eigenvalue weighted by atomic mass is 9.98. The Bertz CT molecular complexity index is 740. The van der Waals surface area contributed by atoms with Gasteiger partial charge in [-0.1, -0.05) is 18.2 Å². The van der Waals surface area contributed by atoms with E-state index in [4.69, 9.17) is 0 Å². The molecule has 1 N–H and O–H groups in total. The minimum absolute atomic E-state index is 0.528. The Balaban J connectivity index is 1.94. The maximum atomic E-state index is 10.5. The van der Waals surface area contributed by atoms with E-state index in [1.54, 1.807) is 18.6 Å². The zero-order chi connectivity index (χ0) is 13.9. The molecule has 0 radical (unpaired) electrons. The van der Waals surface area contributed by atoms with E-state index in [0.29, 0.717) is 6.42 Å². The van der Waals surface area contributed by atoms with Gasteiger partial charge in [-0.25, -0.2) is 0 Å². The lowest BCUT2D eigenvalue weighted by Crippen LogP contribution is -2.03. The molecule has 3 rings (SSSR count). The molecule has 0 spiro atoms. The molecule has 3 nitrogen and oxygen atoms in total. The normalized spacial score (nSPS) is 12.5. The van der Waals surface area contributed by atoms with Crippen molar-refractivity contribution in [1.29, 1.82) is 0 Å². The number of aliphatic hydroxyl groups excluding tert-OH is 1. The molecule has 0 saturated carbocycles. The molecule has 1 aromatic carbocycles. The second-order valence-corrected chi connectivity index (χ2v) is 5.56. The number of halogens is 1. The highest BCUT2D eigenvalue weighted by atomic mass is 79.9. The fourth-order valence-electron chi connectivity index (χ4n) is 2.32. The van der Waals surface area contributed by atoms with Crippen molar-refractivity contribution in [2.24, 2.45) is 0 Å². The van der Waals surface area contributed by atoms with Crippen molar-refractivity contribution in [1.82, 2.24) is 9.97 Å². The molecule has 0 aliphatic carbocycles. The first kappa shape index (κ1) is 13.2. The van der Waals surface area contributed by atoms with Crippen LogP contribution in [-0.2, 0) is 6.42 Å². The number of hydrogen-bond acceptors (Lipinski definition) is 3. The second kappa shape index (κ2) is 5.69. The zero-order valence-electron chi connectivity index (χ0n) is 10.7. The van der Waals surface area contributed by atoms with Crippen LogP contribution in [0.15, 0.2) is 59.5 Å². The van der Waals surface area contributed by atoms with E-state index in [1.807, 2.05) is 36.4 Å². The van der Waals surface area contributed by atoms with Gasteiger partial charge in [0.05, 0.1) is 11.6 Å². The monoisotopic (exact) mass is 328 g/mol. The number of fused-ring (bicyclic) bond motifs is 1. The maximum Gasteiger partial charge on any atom is 0.0837 e. The van der Waals surface area contributed by atoms with Gasteiger partial charge < -0.3 is 5.11 Å². The van der Waals surface area contributed by atoms with Crippen molar-refractivity contribution >= 4 is 26.8 Å². The standard InChI is InChI=1S/C16H13BrN2O/c17-12-7-11(9-18-10-12)8-16(20)14-3-1-5-15-13(14)4-2-6-19-15/h1-7,9-10,16,20H,8H2. The van der Waals surface area contributed by atoms with Crippen LogP contribution in [0.2, 0.25) is 0 Å². The Hall–Kier alpha value is -1.78. The lowest BCUT2D eigenvalue weighted by molar-refractivity contribution is 0.180. The Labute approximate surface area is 125 Å². The van der Waals surface area contributed by atoms with E-state index in [1.165, 1.54) is 0 Å². The van der Waals surface area contributed by atoms with Crippen LogP contribution < -0.4 is 0 Å². The molecule has 0 saturated heterocycles. The summed E-state index contributed by atoms with van der Waals surface area (Å²) < 4.78 is 0.918. The summed E-state index contributed by atoms with van der Waals surface area (Å²) in [6.45, 7) is 0. The van der Waals surface area contributed by atoms with Crippen molar-refractivity contribution in [3.8, 4) is 0 Å². The van der Waals surface area contributed by atoms with E-state index >= 15 is 0 Å². The third kappa shape index (κ3) is 2.71. The van der Waals surface area contributed by atoms with Gasteiger partial charge in [-0.3, -0.25) is 9.97 Å². The predicted molar refractivity (Wildman–Crippen MR) is 82.3 cm³/mol. The summed E-state index contributed by atoms with van der Waals surface area (Å²) in [5, 5.41) is 11.5. The zero-order valence-corrected chi connectivity index (χ0v) is 12.3. The average molecular weight is 329 g/mol. The molecule has 1 atom stereocenters. The van der Waals surface area contributed by atoms with Crippen LogP contribution in [0.5, 0.6) is 0 Å². The summed E-state index contributed by atoms with van der Waals surface area (Å²) in [5.41, 5.74) is 2.79. The van der Waals surface area contributed by atoms with Gasteiger partial charge in [0.1, 0.15) is 0 Å². The van der Waals surface area contributed by atoms with Gasteiger partial charge in [-0.15, -0.1) is 0 Å². The van der Waals surface area contributed by atoms with E-state index < -0.39 is 6.10 Å². The molecule has 0 amide bonds. The van der Waals surface area contributed by atoms with Gasteiger partial charge in [-0.05, 0) is 45.3 Å². The highest BCUT2D eigenvalue weighted by molar-refractivity contribution is 9.10.